The summed E-state index contributed by atoms with van der Waals surface area (Å²) in [6.07, 6.45) is 1.10. The lowest BCUT2D eigenvalue weighted by Gasteiger charge is -2.23. The molecule has 1 N–H and O–H groups in total. The SMILES string of the molecule is CS(=O)(=O)C=NNC[C@@H]1C[C@H](S)CN1C(=O)OCc1ccc([N+](=O)[O-])cc1. The summed E-state index contributed by atoms with van der Waals surface area (Å²) < 4.78 is 27.3. The molecule has 1 aliphatic heterocycles. The fraction of sp³-hybridized carbons (Fsp3) is 0.467. The van der Waals surface area contributed by atoms with E-state index in [-0.39, 0.29) is 30.1 Å². The topological polar surface area (TPSA) is 131 Å². The molecular weight excluding hydrogens is 396 g/mol. The van der Waals surface area contributed by atoms with Gasteiger partial charge in [0.25, 0.3) is 5.69 Å². The van der Waals surface area contributed by atoms with E-state index >= 15 is 0 Å². The molecule has 0 saturated carbocycles. The first-order valence-corrected chi connectivity index (χ1v) is 10.4. The monoisotopic (exact) mass is 416 g/mol. The van der Waals surface area contributed by atoms with Gasteiger partial charge in [0, 0.05) is 30.2 Å². The highest BCUT2D eigenvalue weighted by atomic mass is 32.2. The number of nitrogens with one attached hydrogen (secondary N) is 1. The van der Waals surface area contributed by atoms with Crippen molar-refractivity contribution in [3.05, 3.63) is 39.9 Å². The average Bonchev–Trinajstić information content (AvgIpc) is 2.97. The molecule has 0 bridgehead atoms. The molecule has 12 heteroatoms. The third-order valence-electron chi connectivity index (χ3n) is 3.80. The zero-order valence-electron chi connectivity index (χ0n) is 14.5. The molecule has 148 valence electrons. The van der Waals surface area contributed by atoms with Crippen LogP contribution in [0.5, 0.6) is 0 Å². The molecule has 27 heavy (non-hydrogen) atoms. The van der Waals surface area contributed by atoms with Gasteiger partial charge in [0.1, 0.15) is 12.2 Å². The third kappa shape index (κ3) is 6.71. The zero-order chi connectivity index (χ0) is 20.0. The molecular formula is C15H20N4O6S2. The minimum atomic E-state index is -3.32. The van der Waals surface area contributed by atoms with Gasteiger partial charge in [-0.1, -0.05) is 0 Å². The Balaban J connectivity index is 1.88. The van der Waals surface area contributed by atoms with Gasteiger partial charge in [0.05, 0.1) is 17.5 Å². The molecule has 2 atom stereocenters. The van der Waals surface area contributed by atoms with Crippen LogP contribution < -0.4 is 5.43 Å². The molecule has 0 aliphatic carbocycles. The maximum Gasteiger partial charge on any atom is 0.410 e. The van der Waals surface area contributed by atoms with E-state index < -0.39 is 20.9 Å². The van der Waals surface area contributed by atoms with E-state index in [0.717, 1.165) is 11.8 Å². The molecule has 1 saturated heterocycles. The zero-order valence-corrected chi connectivity index (χ0v) is 16.2. The third-order valence-corrected chi connectivity index (χ3v) is 4.66. The average molecular weight is 416 g/mol. The van der Waals surface area contributed by atoms with Gasteiger partial charge in [-0.05, 0) is 24.1 Å². The van der Waals surface area contributed by atoms with Gasteiger partial charge in [-0.25, -0.2) is 13.2 Å². The highest BCUT2D eigenvalue weighted by Gasteiger charge is 2.34. The van der Waals surface area contributed by atoms with Crippen LogP contribution in [0.25, 0.3) is 0 Å². The number of hydrazone groups is 1. The smallest absolute Gasteiger partial charge is 0.410 e. The molecule has 1 aromatic rings. The van der Waals surface area contributed by atoms with Crippen molar-refractivity contribution < 1.29 is 22.9 Å². The van der Waals surface area contributed by atoms with Crippen LogP contribution in [0.15, 0.2) is 29.4 Å². The summed E-state index contributed by atoms with van der Waals surface area (Å²) in [5.41, 5.74) is 4.02. The van der Waals surface area contributed by atoms with Gasteiger partial charge in [-0.2, -0.15) is 17.7 Å². The number of rotatable bonds is 7. The number of carbonyl (C=O) groups is 1. The normalized spacial score (nSPS) is 20.0. The second-order valence-corrected chi connectivity index (χ2v) is 8.70. The molecule has 2 rings (SSSR count). The Bertz CT molecular complexity index is 812. The molecule has 0 spiro atoms. The van der Waals surface area contributed by atoms with E-state index in [0.29, 0.717) is 18.5 Å². The largest absolute Gasteiger partial charge is 0.445 e. The van der Waals surface area contributed by atoms with E-state index in [1.165, 1.54) is 29.2 Å². The Kier molecular flexibility index (Phi) is 7.02. The summed E-state index contributed by atoms with van der Waals surface area (Å²) >= 11 is 4.39. The lowest BCUT2D eigenvalue weighted by molar-refractivity contribution is -0.384. The van der Waals surface area contributed by atoms with Gasteiger partial charge in [-0.3, -0.25) is 10.1 Å². The standard InChI is InChI=1S/C15H20N4O6S2/c1-27(23,24)10-17-16-7-13-6-14(26)8-18(13)15(20)25-9-11-2-4-12(5-3-11)19(21)22/h2-5,10,13-14,16,26H,6-9H2,1H3/t13-,14-/m0/s1. The van der Waals surface area contributed by atoms with Crippen molar-refractivity contribution >= 4 is 39.8 Å². The van der Waals surface area contributed by atoms with E-state index in [1.54, 1.807) is 0 Å². The number of sulfone groups is 1. The van der Waals surface area contributed by atoms with Crippen molar-refractivity contribution in [2.24, 2.45) is 5.10 Å². The van der Waals surface area contributed by atoms with Crippen LogP contribution in [0.3, 0.4) is 0 Å². The van der Waals surface area contributed by atoms with Crippen molar-refractivity contribution in [2.75, 3.05) is 19.3 Å². The fourth-order valence-electron chi connectivity index (χ4n) is 2.54. The number of amides is 1. The maximum atomic E-state index is 12.3. The van der Waals surface area contributed by atoms with Crippen LogP contribution in [0.2, 0.25) is 0 Å². The predicted octanol–water partition coefficient (Wildman–Crippen LogP) is 1.18. The van der Waals surface area contributed by atoms with Crippen LogP contribution in [0.1, 0.15) is 12.0 Å². The molecule has 0 aromatic heterocycles. The molecule has 1 aromatic carbocycles. The lowest BCUT2D eigenvalue weighted by Crippen LogP contribution is -2.41. The quantitative estimate of drug-likeness (QED) is 0.224. The molecule has 0 unspecified atom stereocenters. The second kappa shape index (κ2) is 9.04. The molecule has 10 nitrogen and oxygen atoms in total. The Labute approximate surface area is 162 Å². The van der Waals surface area contributed by atoms with Crippen molar-refractivity contribution in [3.63, 3.8) is 0 Å². The summed E-state index contributed by atoms with van der Waals surface area (Å²) in [5, 5.41) is 14.2. The molecule has 1 amide bonds. The predicted molar refractivity (Wildman–Crippen MR) is 103 cm³/mol. The van der Waals surface area contributed by atoms with Crippen molar-refractivity contribution in [2.45, 2.75) is 24.3 Å². The Morgan fingerprint density at radius 2 is 2.15 bits per heavy atom. The number of nitro groups is 1. The van der Waals surface area contributed by atoms with Crippen LogP contribution in [0.4, 0.5) is 10.5 Å². The number of carbonyl (C=O) groups excluding carboxylic acids is 1. The number of likely N-dealkylation sites (tertiary alicyclic amines) is 1. The molecule has 1 aliphatic rings. The van der Waals surface area contributed by atoms with E-state index in [1.807, 2.05) is 0 Å². The Hall–Kier alpha value is -2.34. The molecule has 1 heterocycles. The number of nitro benzene ring substituents is 1. The van der Waals surface area contributed by atoms with Crippen LogP contribution >= 0.6 is 12.6 Å². The minimum Gasteiger partial charge on any atom is -0.445 e. The van der Waals surface area contributed by atoms with Crippen molar-refractivity contribution in [1.82, 2.24) is 10.3 Å². The van der Waals surface area contributed by atoms with E-state index in [4.69, 9.17) is 4.74 Å². The number of benzene rings is 1. The lowest BCUT2D eigenvalue weighted by atomic mass is 10.2. The summed E-state index contributed by atoms with van der Waals surface area (Å²) in [4.78, 5) is 24.0. The maximum absolute atomic E-state index is 12.3. The second-order valence-electron chi connectivity index (χ2n) is 6.10. The van der Waals surface area contributed by atoms with E-state index in [2.05, 4.69) is 23.2 Å². The first kappa shape index (κ1) is 21.0. The first-order valence-electron chi connectivity index (χ1n) is 7.96. The first-order chi connectivity index (χ1) is 12.7. The van der Waals surface area contributed by atoms with Crippen molar-refractivity contribution in [3.8, 4) is 0 Å². The molecule has 1 fully saturated rings. The minimum absolute atomic E-state index is 0.0169. The van der Waals surface area contributed by atoms with Crippen LogP contribution in [-0.4, -0.2) is 60.5 Å². The number of thiol groups is 1. The highest BCUT2D eigenvalue weighted by Crippen LogP contribution is 2.23. The number of nitrogens with zero attached hydrogens (tertiary/aromatic N) is 3. The number of non-ortho nitro benzene ring substituents is 1. The number of hydrogen-bond acceptors (Lipinski definition) is 9. The summed E-state index contributed by atoms with van der Waals surface area (Å²) in [6.45, 7) is 0.636. The number of hydrogen-bond donors (Lipinski definition) is 2. The van der Waals surface area contributed by atoms with Gasteiger partial charge >= 0.3 is 6.09 Å². The van der Waals surface area contributed by atoms with Gasteiger partial charge in [0.15, 0.2) is 9.84 Å². The summed E-state index contributed by atoms with van der Waals surface area (Å²) in [6, 6.07) is 5.49. The van der Waals surface area contributed by atoms with Crippen molar-refractivity contribution in [1.29, 1.82) is 0 Å². The highest BCUT2D eigenvalue weighted by molar-refractivity contribution is 8.03. The molecule has 0 radical (unpaired) electrons. The van der Waals surface area contributed by atoms with Gasteiger partial charge in [-0.15, -0.1) is 0 Å². The Morgan fingerprint density at radius 3 is 2.74 bits per heavy atom. The van der Waals surface area contributed by atoms with Crippen LogP contribution in [-0.2, 0) is 21.2 Å². The van der Waals surface area contributed by atoms with Crippen LogP contribution in [0, 0.1) is 10.1 Å². The summed E-state index contributed by atoms with van der Waals surface area (Å²) in [7, 11) is -3.32. The summed E-state index contributed by atoms with van der Waals surface area (Å²) in [5.74, 6) is 0. The van der Waals surface area contributed by atoms with Gasteiger partial charge in [0.2, 0.25) is 0 Å². The number of ether oxygens (including phenoxy) is 1. The fourth-order valence-corrected chi connectivity index (χ4v) is 3.23. The Morgan fingerprint density at radius 1 is 1.48 bits per heavy atom. The van der Waals surface area contributed by atoms with Gasteiger partial charge < -0.3 is 15.1 Å². The van der Waals surface area contributed by atoms with E-state index in [9.17, 15) is 23.3 Å².